The van der Waals surface area contributed by atoms with E-state index in [1.54, 1.807) is 0 Å². The summed E-state index contributed by atoms with van der Waals surface area (Å²) < 4.78 is 13.7. The molecule has 0 aliphatic carbocycles. The van der Waals surface area contributed by atoms with Crippen LogP contribution in [0.25, 0.3) is 6.08 Å². The van der Waals surface area contributed by atoms with Crippen molar-refractivity contribution in [1.82, 2.24) is 9.80 Å². The fourth-order valence-corrected chi connectivity index (χ4v) is 2.68. The Balaban J connectivity index is 2.11. The van der Waals surface area contributed by atoms with E-state index in [9.17, 15) is 9.18 Å². The van der Waals surface area contributed by atoms with Crippen molar-refractivity contribution in [2.45, 2.75) is 19.5 Å². The molecule has 1 fully saturated rings. The Kier molecular flexibility index (Phi) is 5.09. The van der Waals surface area contributed by atoms with Gasteiger partial charge in [-0.2, -0.15) is 0 Å². The number of piperazine rings is 1. The van der Waals surface area contributed by atoms with Gasteiger partial charge in [-0.05, 0) is 43.3 Å². The maximum Gasteiger partial charge on any atom is 0.328 e. The van der Waals surface area contributed by atoms with E-state index in [1.165, 1.54) is 18.2 Å². The Morgan fingerprint density at radius 3 is 2.86 bits per heavy atom. The molecule has 1 N–H and O–H groups in total. The first-order valence-corrected chi connectivity index (χ1v) is 7.07. The third-order valence-electron chi connectivity index (χ3n) is 3.75. The summed E-state index contributed by atoms with van der Waals surface area (Å²) in [5.74, 6) is -1.37. The molecule has 0 spiro atoms. The largest absolute Gasteiger partial charge is 0.478 e. The Morgan fingerprint density at radius 1 is 1.43 bits per heavy atom. The van der Waals surface area contributed by atoms with Gasteiger partial charge in [-0.3, -0.25) is 4.90 Å². The normalized spacial score (nSPS) is 21.0. The van der Waals surface area contributed by atoms with Crippen molar-refractivity contribution in [3.8, 4) is 0 Å². The number of aliphatic carboxylic acids is 1. The van der Waals surface area contributed by atoms with Crippen LogP contribution in [0.15, 0.2) is 24.3 Å². The van der Waals surface area contributed by atoms with Gasteiger partial charge in [0.15, 0.2) is 0 Å². The van der Waals surface area contributed by atoms with Gasteiger partial charge in [0.05, 0.1) is 0 Å². The average Bonchev–Trinajstić information content (AvgIpc) is 2.39. The Labute approximate surface area is 124 Å². The van der Waals surface area contributed by atoms with Crippen molar-refractivity contribution in [3.63, 3.8) is 0 Å². The number of halogens is 1. The molecule has 1 unspecified atom stereocenters. The molecule has 4 nitrogen and oxygen atoms in total. The first-order valence-electron chi connectivity index (χ1n) is 7.07. The quantitative estimate of drug-likeness (QED) is 0.863. The number of carbonyl (C=O) groups is 1. The number of carboxylic acid groups (broad SMARTS) is 1. The lowest BCUT2D eigenvalue weighted by Gasteiger charge is -2.38. The van der Waals surface area contributed by atoms with Crippen molar-refractivity contribution in [3.05, 3.63) is 41.2 Å². The molecule has 1 heterocycles. The molecule has 0 bridgehead atoms. The van der Waals surface area contributed by atoms with Crippen molar-refractivity contribution in [2.24, 2.45) is 0 Å². The van der Waals surface area contributed by atoms with E-state index in [4.69, 9.17) is 5.11 Å². The summed E-state index contributed by atoms with van der Waals surface area (Å²) in [6, 6.07) is 5.12. The first-order chi connectivity index (χ1) is 9.94. The van der Waals surface area contributed by atoms with Gasteiger partial charge < -0.3 is 10.0 Å². The van der Waals surface area contributed by atoms with Crippen molar-refractivity contribution in [2.75, 3.05) is 26.7 Å². The van der Waals surface area contributed by atoms with Crippen LogP contribution in [0, 0.1) is 5.82 Å². The number of nitrogens with zero attached hydrogens (tertiary/aromatic N) is 2. The summed E-state index contributed by atoms with van der Waals surface area (Å²) in [5, 5.41) is 8.64. The lowest BCUT2D eigenvalue weighted by Crippen LogP contribution is -2.49. The summed E-state index contributed by atoms with van der Waals surface area (Å²) in [5.41, 5.74) is 1.45. The third kappa shape index (κ3) is 4.65. The summed E-state index contributed by atoms with van der Waals surface area (Å²) in [6.45, 7) is 5.81. The second kappa shape index (κ2) is 6.83. The van der Waals surface area contributed by atoms with Gasteiger partial charge in [-0.15, -0.1) is 0 Å². The standard InChI is InChI=1S/C16H21FN2O2/c1-12-10-18(2)5-6-19(12)11-14-7-13(3-4-16(20)21)8-15(17)9-14/h3-4,7-9,12H,5-6,10-11H2,1-2H3,(H,20,21)/b4-3+. The Morgan fingerprint density at radius 2 is 2.19 bits per heavy atom. The Hall–Kier alpha value is -1.72. The van der Waals surface area contributed by atoms with Gasteiger partial charge in [-0.25, -0.2) is 9.18 Å². The number of benzene rings is 1. The van der Waals surface area contributed by atoms with Crippen LogP contribution in [0.1, 0.15) is 18.1 Å². The van der Waals surface area contributed by atoms with Crippen LogP contribution in [0.4, 0.5) is 4.39 Å². The number of likely N-dealkylation sites (N-methyl/N-ethyl adjacent to an activating group) is 1. The smallest absolute Gasteiger partial charge is 0.328 e. The summed E-state index contributed by atoms with van der Waals surface area (Å²) in [7, 11) is 2.10. The highest BCUT2D eigenvalue weighted by Crippen LogP contribution is 2.16. The third-order valence-corrected chi connectivity index (χ3v) is 3.75. The highest BCUT2D eigenvalue weighted by atomic mass is 19.1. The molecule has 1 aliphatic rings. The Bertz CT molecular complexity index is 545. The molecule has 5 heteroatoms. The summed E-state index contributed by atoms with van der Waals surface area (Å²) in [6.07, 6.45) is 2.44. The fourth-order valence-electron chi connectivity index (χ4n) is 2.68. The van der Waals surface area contributed by atoms with E-state index >= 15 is 0 Å². The van der Waals surface area contributed by atoms with E-state index in [0.29, 0.717) is 18.2 Å². The lowest BCUT2D eigenvalue weighted by atomic mass is 10.1. The van der Waals surface area contributed by atoms with E-state index in [-0.39, 0.29) is 5.82 Å². The van der Waals surface area contributed by atoms with E-state index < -0.39 is 5.97 Å². The molecule has 0 aromatic heterocycles. The lowest BCUT2D eigenvalue weighted by molar-refractivity contribution is -0.131. The second-order valence-electron chi connectivity index (χ2n) is 5.65. The van der Waals surface area contributed by atoms with Gasteiger partial charge in [0.25, 0.3) is 0 Å². The van der Waals surface area contributed by atoms with Gasteiger partial charge in [0, 0.05) is 38.3 Å². The zero-order valence-corrected chi connectivity index (χ0v) is 12.4. The van der Waals surface area contributed by atoms with Crippen LogP contribution in [0.3, 0.4) is 0 Å². The molecule has 0 radical (unpaired) electrons. The highest BCUT2D eigenvalue weighted by Gasteiger charge is 2.21. The van der Waals surface area contributed by atoms with Crippen molar-refractivity contribution in [1.29, 1.82) is 0 Å². The predicted molar refractivity (Wildman–Crippen MR) is 80.4 cm³/mol. The number of carboxylic acids is 1. The molecular weight excluding hydrogens is 271 g/mol. The van der Waals surface area contributed by atoms with Crippen LogP contribution in [-0.2, 0) is 11.3 Å². The van der Waals surface area contributed by atoms with Gasteiger partial charge >= 0.3 is 5.97 Å². The fraction of sp³-hybridized carbons (Fsp3) is 0.438. The molecule has 1 atom stereocenters. The minimum atomic E-state index is -1.03. The van der Waals surface area contributed by atoms with E-state index in [0.717, 1.165) is 31.3 Å². The summed E-state index contributed by atoms with van der Waals surface area (Å²) >= 11 is 0. The molecule has 0 saturated carbocycles. The van der Waals surface area contributed by atoms with Crippen LogP contribution in [0.2, 0.25) is 0 Å². The van der Waals surface area contributed by atoms with Gasteiger partial charge in [0.1, 0.15) is 5.82 Å². The first kappa shape index (κ1) is 15.7. The predicted octanol–water partition coefficient (Wildman–Crippen LogP) is 2.06. The molecule has 0 amide bonds. The monoisotopic (exact) mass is 292 g/mol. The highest BCUT2D eigenvalue weighted by molar-refractivity contribution is 5.85. The van der Waals surface area contributed by atoms with E-state index in [2.05, 4.69) is 23.8 Å². The number of rotatable bonds is 4. The number of hydrogen-bond acceptors (Lipinski definition) is 3. The molecule has 1 aliphatic heterocycles. The molecule has 2 rings (SSSR count). The molecule has 1 saturated heterocycles. The average molecular weight is 292 g/mol. The van der Waals surface area contributed by atoms with E-state index in [1.807, 2.05) is 6.07 Å². The topological polar surface area (TPSA) is 43.8 Å². The minimum absolute atomic E-state index is 0.334. The summed E-state index contributed by atoms with van der Waals surface area (Å²) in [4.78, 5) is 15.1. The van der Waals surface area contributed by atoms with Crippen LogP contribution in [0.5, 0.6) is 0 Å². The molecule has 21 heavy (non-hydrogen) atoms. The van der Waals surface area contributed by atoms with Crippen molar-refractivity contribution >= 4 is 12.0 Å². The zero-order chi connectivity index (χ0) is 15.4. The molecule has 1 aromatic carbocycles. The number of hydrogen-bond donors (Lipinski definition) is 1. The van der Waals surface area contributed by atoms with Crippen LogP contribution >= 0.6 is 0 Å². The SMILES string of the molecule is CC1CN(C)CCN1Cc1cc(F)cc(/C=C/C(=O)O)c1. The maximum absolute atomic E-state index is 13.7. The molecular formula is C16H21FN2O2. The second-order valence-corrected chi connectivity index (χ2v) is 5.65. The molecule has 1 aromatic rings. The maximum atomic E-state index is 13.7. The van der Waals surface area contributed by atoms with Gasteiger partial charge in [-0.1, -0.05) is 6.07 Å². The minimum Gasteiger partial charge on any atom is -0.478 e. The zero-order valence-electron chi connectivity index (χ0n) is 12.4. The van der Waals surface area contributed by atoms with Gasteiger partial charge in [0.2, 0.25) is 0 Å². The van der Waals surface area contributed by atoms with Crippen LogP contribution < -0.4 is 0 Å². The molecule has 114 valence electrons. The van der Waals surface area contributed by atoms with Crippen molar-refractivity contribution < 1.29 is 14.3 Å². The van der Waals surface area contributed by atoms with Crippen LogP contribution in [-0.4, -0.2) is 53.6 Å².